The summed E-state index contributed by atoms with van der Waals surface area (Å²) in [5.41, 5.74) is 2.28. The summed E-state index contributed by atoms with van der Waals surface area (Å²) in [5, 5.41) is 0.793. The van der Waals surface area contributed by atoms with Crippen LogP contribution in [-0.4, -0.2) is 11.1 Å². The lowest BCUT2D eigenvalue weighted by Crippen LogP contribution is -2.27. The van der Waals surface area contributed by atoms with E-state index in [2.05, 4.69) is 45.2 Å². The second-order valence-electron chi connectivity index (χ2n) is 6.73. The van der Waals surface area contributed by atoms with Crippen molar-refractivity contribution in [3.63, 3.8) is 0 Å². The van der Waals surface area contributed by atoms with E-state index in [9.17, 15) is 9.59 Å². The molecule has 9 heteroatoms. The number of amides is 2. The Morgan fingerprint density at radius 3 is 2.28 bits per heavy atom. The van der Waals surface area contributed by atoms with E-state index in [1.54, 1.807) is 30.3 Å². The highest BCUT2D eigenvalue weighted by Crippen LogP contribution is 2.37. The van der Waals surface area contributed by atoms with E-state index < -0.39 is 0 Å². The molecule has 0 aromatic heterocycles. The molecule has 0 N–H and O–H groups in total. The normalized spacial score (nSPS) is 15.0. The highest BCUT2D eigenvalue weighted by Gasteiger charge is 2.36. The first-order chi connectivity index (χ1) is 15.3. The van der Waals surface area contributed by atoms with Crippen LogP contribution in [0.3, 0.4) is 0 Å². The summed E-state index contributed by atoms with van der Waals surface area (Å²) >= 11 is 17.3. The molecule has 0 bridgehead atoms. The van der Waals surface area contributed by atoms with Crippen LogP contribution in [0.5, 0.6) is 5.75 Å². The average molecular weight is 708 g/mol. The van der Waals surface area contributed by atoms with Gasteiger partial charge in [-0.05, 0) is 117 Å². The molecule has 4 nitrogen and oxygen atoms in total. The highest BCUT2D eigenvalue weighted by molar-refractivity contribution is 14.1. The van der Waals surface area contributed by atoms with E-state index in [-0.39, 0.29) is 11.1 Å². The lowest BCUT2D eigenvalue weighted by molar-refractivity contribution is -0.113. The monoisotopic (exact) mass is 707 g/mol. The predicted molar refractivity (Wildman–Crippen MR) is 148 cm³/mol. The summed E-state index contributed by atoms with van der Waals surface area (Å²) in [4.78, 5) is 26.9. The van der Waals surface area contributed by atoms with Gasteiger partial charge in [0.2, 0.25) is 0 Å². The van der Waals surface area contributed by atoms with E-state index in [4.69, 9.17) is 27.9 Å². The largest absolute Gasteiger partial charge is 0.487 e. The summed E-state index contributed by atoms with van der Waals surface area (Å²) in [6.07, 6.45) is 1.72. The molecule has 1 fully saturated rings. The van der Waals surface area contributed by atoms with E-state index >= 15 is 0 Å². The van der Waals surface area contributed by atoms with Crippen LogP contribution in [0.2, 0.25) is 10.0 Å². The number of carbonyl (C=O) groups is 2. The molecule has 3 aromatic rings. The minimum absolute atomic E-state index is 0.351. The first-order valence-electron chi connectivity index (χ1n) is 9.21. The number of thioether (sulfide) groups is 1. The molecule has 32 heavy (non-hydrogen) atoms. The van der Waals surface area contributed by atoms with Gasteiger partial charge in [-0.25, -0.2) is 4.90 Å². The van der Waals surface area contributed by atoms with Gasteiger partial charge in [0.25, 0.3) is 11.1 Å². The van der Waals surface area contributed by atoms with E-state index in [1.165, 1.54) is 0 Å². The molecule has 2 amide bonds. The molecule has 0 atom stereocenters. The Balaban J connectivity index is 1.54. The van der Waals surface area contributed by atoms with Crippen molar-refractivity contribution < 1.29 is 14.3 Å². The van der Waals surface area contributed by atoms with Crippen LogP contribution in [-0.2, 0) is 11.4 Å². The maximum Gasteiger partial charge on any atom is 0.298 e. The lowest BCUT2D eigenvalue weighted by Gasteiger charge is -2.13. The molecular weight excluding hydrogens is 695 g/mol. The van der Waals surface area contributed by atoms with Gasteiger partial charge in [0.15, 0.2) is 0 Å². The lowest BCUT2D eigenvalue weighted by atomic mass is 10.2. The SMILES string of the molecule is O=C1S/C(=C/c2cc(I)c(OCc3ccc(Cl)cc3)c(I)c2)C(=O)N1c1cccc(Cl)c1. The summed E-state index contributed by atoms with van der Waals surface area (Å²) in [6.45, 7) is 0.418. The molecule has 3 aromatic carbocycles. The minimum Gasteiger partial charge on any atom is -0.487 e. The molecule has 0 aliphatic carbocycles. The summed E-state index contributed by atoms with van der Waals surface area (Å²) in [7, 11) is 0. The minimum atomic E-state index is -0.365. The quantitative estimate of drug-likeness (QED) is 0.199. The van der Waals surface area contributed by atoms with Crippen molar-refractivity contribution in [2.45, 2.75) is 6.61 Å². The van der Waals surface area contributed by atoms with Crippen molar-refractivity contribution in [1.29, 1.82) is 0 Å². The molecule has 1 aliphatic heterocycles. The first-order valence-corrected chi connectivity index (χ1v) is 12.9. The Labute approximate surface area is 226 Å². The molecule has 4 rings (SSSR count). The van der Waals surface area contributed by atoms with Crippen molar-refractivity contribution in [2.75, 3.05) is 4.90 Å². The van der Waals surface area contributed by atoms with Gasteiger partial charge in [0.1, 0.15) is 12.4 Å². The maximum absolute atomic E-state index is 12.9. The molecule has 0 saturated carbocycles. The number of rotatable bonds is 5. The summed E-state index contributed by atoms with van der Waals surface area (Å²) < 4.78 is 7.83. The van der Waals surface area contributed by atoms with Crippen LogP contribution in [0, 0.1) is 7.14 Å². The van der Waals surface area contributed by atoms with Crippen molar-refractivity contribution in [1.82, 2.24) is 0 Å². The Kier molecular flexibility index (Phi) is 7.71. The predicted octanol–water partition coefficient (Wildman–Crippen LogP) is 8.02. The van der Waals surface area contributed by atoms with Gasteiger partial charge in [-0.2, -0.15) is 0 Å². The molecule has 1 heterocycles. The van der Waals surface area contributed by atoms with E-state index in [0.717, 1.165) is 40.7 Å². The van der Waals surface area contributed by atoms with Crippen molar-refractivity contribution >= 4 is 103 Å². The van der Waals surface area contributed by atoms with Crippen LogP contribution in [0.15, 0.2) is 65.6 Å². The van der Waals surface area contributed by atoms with Crippen LogP contribution >= 0.6 is 80.1 Å². The fourth-order valence-electron chi connectivity index (χ4n) is 2.99. The number of hydrogen-bond acceptors (Lipinski definition) is 4. The second kappa shape index (κ2) is 10.3. The van der Waals surface area contributed by atoms with E-state index in [0.29, 0.717) is 27.2 Å². The number of hydrogen-bond donors (Lipinski definition) is 0. The van der Waals surface area contributed by atoms with Gasteiger partial charge in [0.05, 0.1) is 17.7 Å². The number of nitrogens with zero attached hydrogens (tertiary/aromatic N) is 1. The first kappa shape index (κ1) is 23.9. The third kappa shape index (κ3) is 5.44. The number of benzene rings is 3. The van der Waals surface area contributed by atoms with Gasteiger partial charge in [-0.15, -0.1) is 0 Å². The van der Waals surface area contributed by atoms with Gasteiger partial charge in [-0.1, -0.05) is 41.4 Å². The molecule has 162 valence electrons. The maximum atomic E-state index is 12.9. The van der Waals surface area contributed by atoms with Crippen LogP contribution in [0.25, 0.3) is 6.08 Å². The third-order valence-electron chi connectivity index (χ3n) is 4.47. The van der Waals surface area contributed by atoms with Crippen molar-refractivity contribution in [3.05, 3.63) is 93.9 Å². The zero-order valence-corrected chi connectivity index (χ0v) is 22.8. The summed E-state index contributed by atoms with van der Waals surface area (Å²) in [5.74, 6) is 0.403. The fourth-order valence-corrected chi connectivity index (χ4v) is 6.27. The number of anilines is 1. The number of carbonyl (C=O) groups excluding carboxylic acids is 2. The zero-order chi connectivity index (χ0) is 22.8. The van der Waals surface area contributed by atoms with Crippen LogP contribution in [0.1, 0.15) is 11.1 Å². The van der Waals surface area contributed by atoms with Gasteiger partial charge in [-0.3, -0.25) is 9.59 Å². The van der Waals surface area contributed by atoms with E-state index in [1.807, 2.05) is 36.4 Å². The zero-order valence-electron chi connectivity index (χ0n) is 16.2. The highest BCUT2D eigenvalue weighted by atomic mass is 127. The van der Waals surface area contributed by atoms with Gasteiger partial charge >= 0.3 is 0 Å². The molecule has 1 saturated heterocycles. The Bertz CT molecular complexity index is 1230. The van der Waals surface area contributed by atoms with Gasteiger partial charge < -0.3 is 4.74 Å². The van der Waals surface area contributed by atoms with Crippen molar-refractivity contribution in [2.24, 2.45) is 0 Å². The summed E-state index contributed by atoms with van der Waals surface area (Å²) in [6, 6.07) is 18.0. The Morgan fingerprint density at radius 2 is 1.62 bits per heavy atom. The fraction of sp³-hybridized carbons (Fsp3) is 0.0435. The molecule has 0 spiro atoms. The van der Waals surface area contributed by atoms with Crippen molar-refractivity contribution in [3.8, 4) is 5.75 Å². The average Bonchev–Trinajstić information content (AvgIpc) is 3.01. The molecular formula is C23H13Cl2I2NO3S. The standard InChI is InChI=1S/C23H13Cl2I2NO3S/c24-15-6-4-13(5-7-15)12-31-21-18(26)8-14(9-19(21)27)10-20-22(29)28(23(30)32-20)17-3-1-2-16(25)11-17/h1-11H,12H2/b20-10+. The number of halogens is 4. The molecule has 0 radical (unpaired) electrons. The Hall–Kier alpha value is -1.27. The Morgan fingerprint density at radius 1 is 0.938 bits per heavy atom. The number of ether oxygens (including phenoxy) is 1. The third-order valence-corrected chi connectivity index (χ3v) is 7.43. The number of imide groups is 1. The second-order valence-corrected chi connectivity index (χ2v) is 10.9. The molecule has 1 aliphatic rings. The molecule has 0 unspecified atom stereocenters. The van der Waals surface area contributed by atoms with Crippen LogP contribution < -0.4 is 9.64 Å². The topological polar surface area (TPSA) is 46.6 Å². The van der Waals surface area contributed by atoms with Gasteiger partial charge in [0, 0.05) is 10.0 Å². The van der Waals surface area contributed by atoms with Crippen LogP contribution in [0.4, 0.5) is 10.5 Å². The smallest absolute Gasteiger partial charge is 0.298 e.